The molecule has 1 aliphatic heterocycles. The Hall–Kier alpha value is -0.860. The molecule has 0 aromatic heterocycles. The third-order valence-corrected chi connectivity index (χ3v) is 3.64. The van der Waals surface area contributed by atoms with Crippen LogP contribution in [0.4, 0.5) is 0 Å². The van der Waals surface area contributed by atoms with Crippen molar-refractivity contribution in [2.24, 2.45) is 0 Å². The van der Waals surface area contributed by atoms with Crippen LogP contribution in [0.15, 0.2) is 18.2 Å². The fourth-order valence-corrected chi connectivity index (χ4v) is 2.51. The summed E-state index contributed by atoms with van der Waals surface area (Å²) in [6.07, 6.45) is 3.54. The molecule has 1 aromatic rings. The molecule has 1 N–H and O–H groups in total. The minimum Gasteiger partial charge on any atom is -0.386 e. The van der Waals surface area contributed by atoms with E-state index in [-0.39, 0.29) is 6.10 Å². The molecule has 1 fully saturated rings. The second-order valence-corrected chi connectivity index (χ2v) is 4.74. The van der Waals surface area contributed by atoms with Crippen LogP contribution in [0.1, 0.15) is 49.5 Å². The lowest BCUT2D eigenvalue weighted by atomic mass is 9.93. The van der Waals surface area contributed by atoms with Crippen LogP contribution in [-0.4, -0.2) is 17.8 Å². The predicted octanol–water partition coefficient (Wildman–Crippen LogP) is 3.02. The van der Waals surface area contributed by atoms with E-state index in [9.17, 15) is 5.11 Å². The Bertz CT molecular complexity index is 367. The average molecular weight is 234 g/mol. The molecule has 1 heterocycles. The number of rotatable bonds is 4. The van der Waals surface area contributed by atoms with Crippen molar-refractivity contribution in [1.82, 2.24) is 0 Å². The van der Waals surface area contributed by atoms with E-state index < -0.39 is 6.10 Å². The Balaban J connectivity index is 2.27. The van der Waals surface area contributed by atoms with Crippen molar-refractivity contribution in [3.8, 4) is 0 Å². The first-order chi connectivity index (χ1) is 8.26. The van der Waals surface area contributed by atoms with Gasteiger partial charge in [0.2, 0.25) is 0 Å². The van der Waals surface area contributed by atoms with Gasteiger partial charge in [-0.25, -0.2) is 0 Å². The van der Waals surface area contributed by atoms with Crippen LogP contribution >= 0.6 is 0 Å². The van der Waals surface area contributed by atoms with E-state index in [2.05, 4.69) is 32.0 Å². The fourth-order valence-electron chi connectivity index (χ4n) is 2.51. The van der Waals surface area contributed by atoms with Crippen LogP contribution in [0, 0.1) is 0 Å². The van der Waals surface area contributed by atoms with E-state index in [1.807, 2.05) is 0 Å². The Morgan fingerprint density at radius 3 is 2.76 bits per heavy atom. The maximum Gasteiger partial charge on any atom is 0.105 e. The quantitative estimate of drug-likeness (QED) is 0.867. The first-order valence-electron chi connectivity index (χ1n) is 6.67. The standard InChI is InChI=1S/C15H22O2/c1-3-11-7-8-12(4-2)13(10-11)15(16)14-6-5-9-17-14/h7-8,10,14-16H,3-6,9H2,1-2H3. The lowest BCUT2D eigenvalue weighted by Crippen LogP contribution is -2.18. The molecule has 17 heavy (non-hydrogen) atoms. The van der Waals surface area contributed by atoms with E-state index in [4.69, 9.17) is 4.74 Å². The zero-order valence-corrected chi connectivity index (χ0v) is 10.8. The molecule has 94 valence electrons. The van der Waals surface area contributed by atoms with Gasteiger partial charge in [-0.05, 0) is 42.4 Å². The van der Waals surface area contributed by atoms with Crippen LogP contribution < -0.4 is 0 Å². The lowest BCUT2D eigenvalue weighted by molar-refractivity contribution is -0.00301. The lowest BCUT2D eigenvalue weighted by Gasteiger charge is -2.21. The minimum atomic E-state index is -0.459. The van der Waals surface area contributed by atoms with Gasteiger partial charge in [-0.15, -0.1) is 0 Å². The molecule has 2 nitrogen and oxygen atoms in total. The number of hydrogen-bond acceptors (Lipinski definition) is 2. The molecule has 1 aromatic carbocycles. The summed E-state index contributed by atoms with van der Waals surface area (Å²) in [6.45, 7) is 5.06. The predicted molar refractivity (Wildman–Crippen MR) is 69.1 cm³/mol. The van der Waals surface area contributed by atoms with E-state index in [0.29, 0.717) is 0 Å². The molecule has 2 unspecified atom stereocenters. The molecular formula is C15H22O2. The Labute approximate surface area is 104 Å². The molecule has 0 bridgehead atoms. The molecule has 0 spiro atoms. The largest absolute Gasteiger partial charge is 0.386 e. The topological polar surface area (TPSA) is 29.5 Å². The summed E-state index contributed by atoms with van der Waals surface area (Å²) in [4.78, 5) is 0. The van der Waals surface area contributed by atoms with Crippen molar-refractivity contribution in [1.29, 1.82) is 0 Å². The Morgan fingerprint density at radius 2 is 2.18 bits per heavy atom. The molecule has 2 atom stereocenters. The highest BCUT2D eigenvalue weighted by Gasteiger charge is 2.26. The third kappa shape index (κ3) is 2.70. The van der Waals surface area contributed by atoms with E-state index in [1.54, 1.807) is 0 Å². The first-order valence-corrected chi connectivity index (χ1v) is 6.67. The van der Waals surface area contributed by atoms with Crippen molar-refractivity contribution in [3.05, 3.63) is 34.9 Å². The van der Waals surface area contributed by atoms with Crippen molar-refractivity contribution >= 4 is 0 Å². The normalized spacial score (nSPS) is 21.7. The van der Waals surface area contributed by atoms with Crippen molar-refractivity contribution in [2.45, 2.75) is 51.7 Å². The van der Waals surface area contributed by atoms with Crippen molar-refractivity contribution in [2.75, 3.05) is 6.61 Å². The smallest absolute Gasteiger partial charge is 0.105 e. The summed E-state index contributed by atoms with van der Waals surface area (Å²) >= 11 is 0. The molecule has 0 aliphatic carbocycles. The second kappa shape index (κ2) is 5.65. The van der Waals surface area contributed by atoms with Gasteiger partial charge in [0.15, 0.2) is 0 Å². The monoisotopic (exact) mass is 234 g/mol. The van der Waals surface area contributed by atoms with Crippen LogP contribution in [0.2, 0.25) is 0 Å². The van der Waals surface area contributed by atoms with E-state index in [0.717, 1.165) is 37.9 Å². The average Bonchev–Trinajstić information content (AvgIpc) is 2.91. The highest BCUT2D eigenvalue weighted by atomic mass is 16.5. The number of aryl methyl sites for hydroxylation is 2. The molecule has 1 aliphatic rings. The van der Waals surface area contributed by atoms with Gasteiger partial charge in [0.1, 0.15) is 6.10 Å². The molecular weight excluding hydrogens is 212 g/mol. The molecule has 0 radical (unpaired) electrons. The van der Waals surface area contributed by atoms with E-state index >= 15 is 0 Å². The summed E-state index contributed by atoms with van der Waals surface area (Å²) in [6, 6.07) is 6.45. The van der Waals surface area contributed by atoms with Gasteiger partial charge < -0.3 is 9.84 Å². The van der Waals surface area contributed by atoms with Gasteiger partial charge in [-0.3, -0.25) is 0 Å². The number of benzene rings is 1. The Kier molecular flexibility index (Phi) is 4.19. The maximum absolute atomic E-state index is 10.4. The van der Waals surface area contributed by atoms with Crippen LogP contribution in [0.5, 0.6) is 0 Å². The summed E-state index contributed by atoms with van der Waals surface area (Å²) in [7, 11) is 0. The Morgan fingerprint density at radius 1 is 1.35 bits per heavy atom. The van der Waals surface area contributed by atoms with Gasteiger partial charge >= 0.3 is 0 Å². The highest BCUT2D eigenvalue weighted by Crippen LogP contribution is 2.30. The summed E-state index contributed by atoms with van der Waals surface area (Å²) in [5.41, 5.74) is 3.60. The van der Waals surface area contributed by atoms with Gasteiger partial charge in [-0.2, -0.15) is 0 Å². The van der Waals surface area contributed by atoms with Crippen molar-refractivity contribution in [3.63, 3.8) is 0 Å². The zero-order chi connectivity index (χ0) is 12.3. The minimum absolute atomic E-state index is 0.00703. The summed E-state index contributed by atoms with van der Waals surface area (Å²) < 4.78 is 5.59. The van der Waals surface area contributed by atoms with Gasteiger partial charge in [0, 0.05) is 6.61 Å². The SMILES string of the molecule is CCc1ccc(CC)c(C(O)C2CCCO2)c1. The van der Waals surface area contributed by atoms with Crippen LogP contribution in [0.3, 0.4) is 0 Å². The van der Waals surface area contributed by atoms with Gasteiger partial charge in [0.25, 0.3) is 0 Å². The number of aliphatic hydroxyl groups is 1. The van der Waals surface area contributed by atoms with Gasteiger partial charge in [0.05, 0.1) is 6.10 Å². The van der Waals surface area contributed by atoms with Crippen LogP contribution in [0.25, 0.3) is 0 Å². The highest BCUT2D eigenvalue weighted by molar-refractivity contribution is 5.34. The van der Waals surface area contributed by atoms with E-state index in [1.165, 1.54) is 11.1 Å². The molecule has 1 saturated heterocycles. The maximum atomic E-state index is 10.4. The number of ether oxygens (including phenoxy) is 1. The first kappa shape index (κ1) is 12.6. The summed E-state index contributed by atoms with van der Waals surface area (Å²) in [5.74, 6) is 0. The summed E-state index contributed by atoms with van der Waals surface area (Å²) in [5, 5.41) is 10.4. The molecule has 2 heteroatoms. The number of aliphatic hydroxyl groups excluding tert-OH is 1. The fraction of sp³-hybridized carbons (Fsp3) is 0.600. The molecule has 0 saturated carbocycles. The number of hydrogen-bond donors (Lipinski definition) is 1. The third-order valence-electron chi connectivity index (χ3n) is 3.64. The zero-order valence-electron chi connectivity index (χ0n) is 10.8. The molecule has 2 rings (SSSR count). The second-order valence-electron chi connectivity index (χ2n) is 4.74. The molecule has 0 amide bonds. The van der Waals surface area contributed by atoms with Crippen molar-refractivity contribution < 1.29 is 9.84 Å². The van der Waals surface area contributed by atoms with Crippen LogP contribution in [-0.2, 0) is 17.6 Å². The van der Waals surface area contributed by atoms with Gasteiger partial charge in [-0.1, -0.05) is 32.0 Å².